The Bertz CT molecular complexity index is 405. The monoisotopic (exact) mass is 324 g/mol. The molecule has 6 heteroatoms. The number of nitrogens with two attached hydrogens (primary N) is 1. The molecule has 0 aromatic heterocycles. The highest BCUT2D eigenvalue weighted by Gasteiger charge is 2.32. The molecule has 0 atom stereocenters. The van der Waals surface area contributed by atoms with Crippen molar-refractivity contribution in [3.05, 3.63) is 12.2 Å². The molecule has 0 aliphatic carbocycles. The van der Waals surface area contributed by atoms with Crippen molar-refractivity contribution in [2.75, 3.05) is 6.54 Å². The quantitative estimate of drug-likeness (QED) is 0.338. The molecule has 0 radical (unpaired) electrons. The second-order valence-corrected chi connectivity index (χ2v) is 5.75. The van der Waals surface area contributed by atoms with E-state index >= 15 is 0 Å². The van der Waals surface area contributed by atoms with E-state index in [4.69, 9.17) is 10.6 Å². The third-order valence-corrected chi connectivity index (χ3v) is 3.69. The molecular formula is C17H28N2O4. The van der Waals surface area contributed by atoms with Gasteiger partial charge < -0.3 is 10.6 Å². The van der Waals surface area contributed by atoms with Crippen LogP contribution in [-0.4, -0.2) is 29.4 Å². The van der Waals surface area contributed by atoms with Crippen molar-refractivity contribution in [3.63, 3.8) is 0 Å². The van der Waals surface area contributed by atoms with Gasteiger partial charge in [0.1, 0.15) is 0 Å². The zero-order chi connectivity index (χ0) is 16.9. The zero-order valence-electron chi connectivity index (χ0n) is 13.8. The SMILES string of the molecule is NCCCC/C=C\CCCCCCC(=O)ON1C(=O)CCC1=O. The fourth-order valence-corrected chi connectivity index (χ4v) is 2.33. The Kier molecular flexibility index (Phi) is 9.95. The minimum Gasteiger partial charge on any atom is -0.330 e. The summed E-state index contributed by atoms with van der Waals surface area (Å²) in [5, 5.41) is 0.609. The van der Waals surface area contributed by atoms with Crippen LogP contribution in [0.4, 0.5) is 0 Å². The summed E-state index contributed by atoms with van der Waals surface area (Å²) in [7, 11) is 0. The van der Waals surface area contributed by atoms with E-state index in [1.165, 1.54) is 0 Å². The van der Waals surface area contributed by atoms with Crippen molar-refractivity contribution in [1.29, 1.82) is 0 Å². The van der Waals surface area contributed by atoms with Gasteiger partial charge in [-0.05, 0) is 45.1 Å². The first kappa shape index (κ1) is 19.4. The minimum atomic E-state index is -0.506. The largest absolute Gasteiger partial charge is 0.333 e. The van der Waals surface area contributed by atoms with Gasteiger partial charge in [-0.15, -0.1) is 5.06 Å². The Hall–Kier alpha value is -1.69. The van der Waals surface area contributed by atoms with Crippen molar-refractivity contribution in [2.45, 2.75) is 70.6 Å². The molecule has 1 aliphatic heterocycles. The Morgan fingerprint density at radius 3 is 2.13 bits per heavy atom. The van der Waals surface area contributed by atoms with Gasteiger partial charge in [0, 0.05) is 19.3 Å². The van der Waals surface area contributed by atoms with Gasteiger partial charge in [0.15, 0.2) is 0 Å². The van der Waals surface area contributed by atoms with Crippen LogP contribution in [0.15, 0.2) is 12.2 Å². The summed E-state index contributed by atoms with van der Waals surface area (Å²) in [6, 6.07) is 0. The number of carbonyl (C=O) groups excluding carboxylic acids is 3. The summed E-state index contributed by atoms with van der Waals surface area (Å²) in [4.78, 5) is 39.0. The highest BCUT2D eigenvalue weighted by molar-refractivity contribution is 6.01. The van der Waals surface area contributed by atoms with Gasteiger partial charge in [-0.1, -0.05) is 25.0 Å². The Morgan fingerprint density at radius 2 is 1.52 bits per heavy atom. The molecule has 23 heavy (non-hydrogen) atoms. The first-order chi connectivity index (χ1) is 11.1. The normalized spacial score (nSPS) is 14.9. The second kappa shape index (κ2) is 11.8. The summed E-state index contributed by atoms with van der Waals surface area (Å²) in [5.41, 5.74) is 5.42. The number of unbranched alkanes of at least 4 members (excludes halogenated alkanes) is 6. The summed E-state index contributed by atoms with van der Waals surface area (Å²) in [5.74, 6) is -1.36. The van der Waals surface area contributed by atoms with Crippen molar-refractivity contribution in [3.8, 4) is 0 Å². The van der Waals surface area contributed by atoms with Crippen LogP contribution in [-0.2, 0) is 19.2 Å². The van der Waals surface area contributed by atoms with E-state index in [0.29, 0.717) is 5.06 Å². The van der Waals surface area contributed by atoms with Crippen LogP contribution < -0.4 is 5.73 Å². The summed E-state index contributed by atoms with van der Waals surface area (Å²) in [6.07, 6.45) is 13.1. The molecule has 0 unspecified atom stereocenters. The summed E-state index contributed by atoms with van der Waals surface area (Å²) < 4.78 is 0. The van der Waals surface area contributed by atoms with Gasteiger partial charge in [-0.3, -0.25) is 9.59 Å². The standard InChI is InChI=1S/C17H28N2O4/c18-14-10-8-6-4-2-1-3-5-7-9-11-17(22)23-19-15(20)12-13-16(19)21/h2,4H,1,3,5-14,18H2/b4-2-. The number of hydrogen-bond donors (Lipinski definition) is 1. The van der Waals surface area contributed by atoms with Gasteiger partial charge in [0.05, 0.1) is 0 Å². The van der Waals surface area contributed by atoms with Crippen LogP contribution in [0.25, 0.3) is 0 Å². The highest BCUT2D eigenvalue weighted by Crippen LogP contribution is 2.14. The molecule has 0 aromatic carbocycles. The molecule has 6 nitrogen and oxygen atoms in total. The number of hydroxylamine groups is 2. The van der Waals surface area contributed by atoms with Crippen LogP contribution >= 0.6 is 0 Å². The van der Waals surface area contributed by atoms with Crippen molar-refractivity contribution in [1.82, 2.24) is 5.06 Å². The molecule has 130 valence electrons. The molecule has 1 fully saturated rings. The Balaban J connectivity index is 1.95. The molecule has 0 saturated carbocycles. The number of allylic oxidation sites excluding steroid dienone is 2. The maximum atomic E-state index is 11.6. The lowest BCUT2D eigenvalue weighted by atomic mass is 10.1. The average molecular weight is 324 g/mol. The Labute approximate surface area is 138 Å². The molecule has 1 heterocycles. The van der Waals surface area contributed by atoms with Crippen molar-refractivity contribution < 1.29 is 19.2 Å². The Morgan fingerprint density at radius 1 is 0.957 bits per heavy atom. The van der Waals surface area contributed by atoms with E-state index in [0.717, 1.165) is 57.9 Å². The maximum absolute atomic E-state index is 11.6. The minimum absolute atomic E-state index is 0.131. The number of rotatable bonds is 12. The topological polar surface area (TPSA) is 89.7 Å². The first-order valence-corrected chi connectivity index (χ1v) is 8.57. The van der Waals surface area contributed by atoms with Gasteiger partial charge in [-0.2, -0.15) is 0 Å². The van der Waals surface area contributed by atoms with Gasteiger partial charge in [0.2, 0.25) is 0 Å². The predicted octanol–water partition coefficient (Wildman–Crippen LogP) is 2.62. The fraction of sp³-hybridized carbons (Fsp3) is 0.706. The third-order valence-electron chi connectivity index (χ3n) is 3.69. The van der Waals surface area contributed by atoms with Crippen LogP contribution in [0.5, 0.6) is 0 Å². The lowest BCUT2D eigenvalue weighted by Crippen LogP contribution is -2.31. The fourth-order valence-electron chi connectivity index (χ4n) is 2.33. The van der Waals surface area contributed by atoms with Gasteiger partial charge in [0.25, 0.3) is 11.8 Å². The smallest absolute Gasteiger partial charge is 0.330 e. The van der Waals surface area contributed by atoms with Crippen LogP contribution in [0, 0.1) is 0 Å². The summed E-state index contributed by atoms with van der Waals surface area (Å²) in [6.45, 7) is 0.760. The van der Waals surface area contributed by atoms with E-state index in [9.17, 15) is 14.4 Å². The van der Waals surface area contributed by atoms with E-state index in [1.807, 2.05) is 0 Å². The molecule has 1 saturated heterocycles. The predicted molar refractivity (Wildman–Crippen MR) is 86.9 cm³/mol. The maximum Gasteiger partial charge on any atom is 0.333 e. The molecule has 0 bridgehead atoms. The van der Waals surface area contributed by atoms with Gasteiger partial charge in [-0.25, -0.2) is 4.79 Å². The number of carbonyl (C=O) groups is 3. The zero-order valence-corrected chi connectivity index (χ0v) is 13.8. The first-order valence-electron chi connectivity index (χ1n) is 8.57. The molecular weight excluding hydrogens is 296 g/mol. The number of nitrogens with zero attached hydrogens (tertiary/aromatic N) is 1. The number of hydrogen-bond acceptors (Lipinski definition) is 5. The number of imide groups is 1. The van der Waals surface area contributed by atoms with E-state index in [1.54, 1.807) is 0 Å². The molecule has 1 rings (SSSR count). The van der Waals surface area contributed by atoms with E-state index < -0.39 is 17.8 Å². The molecule has 2 N–H and O–H groups in total. The lowest BCUT2D eigenvalue weighted by Gasteiger charge is -2.12. The van der Waals surface area contributed by atoms with Gasteiger partial charge >= 0.3 is 5.97 Å². The van der Waals surface area contributed by atoms with Crippen LogP contribution in [0.2, 0.25) is 0 Å². The molecule has 2 amide bonds. The highest BCUT2D eigenvalue weighted by atomic mass is 16.7. The van der Waals surface area contributed by atoms with E-state index in [2.05, 4.69) is 12.2 Å². The molecule has 0 aromatic rings. The number of amides is 2. The van der Waals surface area contributed by atoms with Crippen LogP contribution in [0.1, 0.15) is 70.6 Å². The molecule has 1 aliphatic rings. The average Bonchev–Trinajstić information content (AvgIpc) is 2.84. The van der Waals surface area contributed by atoms with Crippen LogP contribution in [0.3, 0.4) is 0 Å². The summed E-state index contributed by atoms with van der Waals surface area (Å²) >= 11 is 0. The van der Waals surface area contributed by atoms with Crippen molar-refractivity contribution in [2.24, 2.45) is 5.73 Å². The third kappa shape index (κ3) is 8.50. The van der Waals surface area contributed by atoms with Crippen molar-refractivity contribution >= 4 is 17.8 Å². The molecule has 0 spiro atoms. The second-order valence-electron chi connectivity index (χ2n) is 5.75. The lowest BCUT2D eigenvalue weighted by molar-refractivity contribution is -0.197. The van der Waals surface area contributed by atoms with E-state index in [-0.39, 0.29) is 19.3 Å².